The van der Waals surface area contributed by atoms with Crippen LogP contribution in [0.3, 0.4) is 0 Å². The molecule has 0 radical (unpaired) electrons. The van der Waals surface area contributed by atoms with Crippen LogP contribution < -0.4 is 0 Å². The number of benzene rings is 2. The Labute approximate surface area is 143 Å². The van der Waals surface area contributed by atoms with Crippen LogP contribution >= 0.6 is 23.2 Å². The number of aliphatic carboxylic acids is 1. The van der Waals surface area contributed by atoms with Crippen LogP contribution in [0.4, 0.5) is 0 Å². The van der Waals surface area contributed by atoms with E-state index in [1.807, 2.05) is 36.4 Å². The van der Waals surface area contributed by atoms with Crippen LogP contribution in [0.2, 0.25) is 10.0 Å². The number of pyridine rings is 1. The highest BCUT2D eigenvalue weighted by atomic mass is 35.5. The van der Waals surface area contributed by atoms with Crippen molar-refractivity contribution in [1.82, 2.24) is 4.98 Å². The number of rotatable bonds is 4. The first-order valence-corrected chi connectivity index (χ1v) is 7.85. The van der Waals surface area contributed by atoms with Crippen molar-refractivity contribution in [3.05, 3.63) is 64.1 Å². The third kappa shape index (κ3) is 3.63. The van der Waals surface area contributed by atoms with Crippen LogP contribution in [0, 0.1) is 0 Å². The molecule has 5 heteroatoms. The second-order valence-corrected chi connectivity index (χ2v) is 6.09. The van der Waals surface area contributed by atoms with E-state index in [9.17, 15) is 4.79 Å². The van der Waals surface area contributed by atoms with Gasteiger partial charge in [-0.1, -0.05) is 35.3 Å². The molecule has 23 heavy (non-hydrogen) atoms. The summed E-state index contributed by atoms with van der Waals surface area (Å²) < 4.78 is 0. The summed E-state index contributed by atoms with van der Waals surface area (Å²) in [6, 6.07) is 15.0. The van der Waals surface area contributed by atoms with Gasteiger partial charge < -0.3 is 5.11 Å². The van der Waals surface area contributed by atoms with Crippen LogP contribution in [0.5, 0.6) is 0 Å². The van der Waals surface area contributed by atoms with E-state index in [0.717, 1.165) is 27.7 Å². The van der Waals surface area contributed by atoms with Gasteiger partial charge in [0.15, 0.2) is 0 Å². The largest absolute Gasteiger partial charge is 0.481 e. The first-order valence-electron chi connectivity index (χ1n) is 7.10. The zero-order valence-corrected chi connectivity index (χ0v) is 13.6. The molecular weight excluding hydrogens is 333 g/mol. The van der Waals surface area contributed by atoms with Crippen LogP contribution in [-0.4, -0.2) is 16.1 Å². The van der Waals surface area contributed by atoms with Crippen molar-refractivity contribution in [3.63, 3.8) is 0 Å². The van der Waals surface area contributed by atoms with Crippen LogP contribution in [0.25, 0.3) is 22.2 Å². The van der Waals surface area contributed by atoms with E-state index in [1.165, 1.54) is 0 Å². The Morgan fingerprint density at radius 3 is 2.61 bits per heavy atom. The predicted molar refractivity (Wildman–Crippen MR) is 93.2 cm³/mol. The van der Waals surface area contributed by atoms with Crippen LogP contribution in [-0.2, 0) is 11.2 Å². The molecule has 0 aliphatic rings. The number of fused-ring (bicyclic) bond motifs is 1. The molecule has 1 N–H and O–H groups in total. The number of hydrogen-bond acceptors (Lipinski definition) is 2. The molecular formula is C18H13Cl2NO2. The number of carbonyl (C=O) groups is 1. The summed E-state index contributed by atoms with van der Waals surface area (Å²) >= 11 is 12.2. The third-order valence-electron chi connectivity index (χ3n) is 3.59. The summed E-state index contributed by atoms with van der Waals surface area (Å²) in [6.07, 6.45) is 0.632. The van der Waals surface area contributed by atoms with Crippen molar-refractivity contribution in [2.45, 2.75) is 12.8 Å². The van der Waals surface area contributed by atoms with Crippen molar-refractivity contribution in [1.29, 1.82) is 0 Å². The number of carboxylic acid groups (broad SMARTS) is 1. The van der Waals surface area contributed by atoms with Crippen molar-refractivity contribution in [2.75, 3.05) is 0 Å². The Kier molecular flexibility index (Phi) is 4.51. The van der Waals surface area contributed by atoms with Crippen molar-refractivity contribution in [2.24, 2.45) is 0 Å². The normalized spacial score (nSPS) is 10.9. The molecule has 0 saturated carbocycles. The molecule has 3 nitrogen and oxygen atoms in total. The number of aryl methyl sites for hydroxylation is 1. The topological polar surface area (TPSA) is 50.2 Å². The maximum atomic E-state index is 10.7. The first kappa shape index (κ1) is 15.8. The van der Waals surface area contributed by atoms with E-state index in [-0.39, 0.29) is 6.42 Å². The molecule has 3 rings (SSSR count). The van der Waals surface area contributed by atoms with Gasteiger partial charge in [-0.3, -0.25) is 4.79 Å². The highest BCUT2D eigenvalue weighted by Crippen LogP contribution is 2.30. The van der Waals surface area contributed by atoms with Gasteiger partial charge in [-0.05, 0) is 48.4 Å². The molecule has 0 fully saturated rings. The Morgan fingerprint density at radius 1 is 1.04 bits per heavy atom. The van der Waals surface area contributed by atoms with E-state index in [2.05, 4.69) is 4.98 Å². The predicted octanol–water partition coefficient (Wildman–Crippen LogP) is 5.23. The second-order valence-electron chi connectivity index (χ2n) is 5.24. The molecule has 116 valence electrons. The average molecular weight is 346 g/mol. The minimum Gasteiger partial charge on any atom is -0.481 e. The first-order chi connectivity index (χ1) is 11.0. The molecule has 1 aromatic heterocycles. The SMILES string of the molecule is O=C(O)CCc1ccc2nc(-c3ccc(Cl)cc3Cl)ccc2c1. The lowest BCUT2D eigenvalue weighted by molar-refractivity contribution is -0.136. The molecule has 0 aliphatic carbocycles. The van der Waals surface area contributed by atoms with E-state index in [1.54, 1.807) is 12.1 Å². The van der Waals surface area contributed by atoms with Gasteiger partial charge in [-0.15, -0.1) is 0 Å². The maximum absolute atomic E-state index is 10.7. The molecule has 0 saturated heterocycles. The number of nitrogens with zero attached hydrogens (tertiary/aromatic N) is 1. The molecule has 1 heterocycles. The molecule has 0 unspecified atom stereocenters. The Morgan fingerprint density at radius 2 is 1.87 bits per heavy atom. The average Bonchev–Trinajstić information content (AvgIpc) is 2.52. The standard InChI is InChI=1S/C18H13Cl2NO2/c19-13-4-5-14(15(20)10-13)17-7-3-12-9-11(2-8-18(22)23)1-6-16(12)21-17/h1,3-7,9-10H,2,8H2,(H,22,23). The fourth-order valence-electron chi connectivity index (χ4n) is 2.43. The Balaban J connectivity index is 1.96. The van der Waals surface area contributed by atoms with Gasteiger partial charge in [0, 0.05) is 22.4 Å². The van der Waals surface area contributed by atoms with Crippen molar-refractivity contribution >= 4 is 40.1 Å². The Hall–Kier alpha value is -2.10. The monoisotopic (exact) mass is 345 g/mol. The lowest BCUT2D eigenvalue weighted by Crippen LogP contribution is -1.97. The molecule has 3 aromatic rings. The quantitative estimate of drug-likeness (QED) is 0.704. The fraction of sp³-hybridized carbons (Fsp3) is 0.111. The van der Waals surface area contributed by atoms with Gasteiger partial charge in [0.25, 0.3) is 0 Å². The van der Waals surface area contributed by atoms with Crippen molar-refractivity contribution in [3.8, 4) is 11.3 Å². The molecule has 2 aromatic carbocycles. The van der Waals surface area contributed by atoms with E-state index < -0.39 is 5.97 Å². The summed E-state index contributed by atoms with van der Waals surface area (Å²) in [5.74, 6) is -0.795. The third-order valence-corrected chi connectivity index (χ3v) is 4.14. The van der Waals surface area contributed by atoms with Crippen molar-refractivity contribution < 1.29 is 9.90 Å². The van der Waals surface area contributed by atoms with Gasteiger partial charge in [0.2, 0.25) is 0 Å². The highest BCUT2D eigenvalue weighted by molar-refractivity contribution is 6.36. The van der Waals surface area contributed by atoms with Crippen LogP contribution in [0.15, 0.2) is 48.5 Å². The summed E-state index contributed by atoms with van der Waals surface area (Å²) in [6.45, 7) is 0. The number of aromatic nitrogens is 1. The van der Waals surface area contributed by atoms with E-state index in [4.69, 9.17) is 28.3 Å². The smallest absolute Gasteiger partial charge is 0.303 e. The Bertz CT molecular complexity index is 893. The summed E-state index contributed by atoms with van der Waals surface area (Å²) in [4.78, 5) is 15.3. The minimum absolute atomic E-state index is 0.122. The molecule has 0 amide bonds. The van der Waals surface area contributed by atoms with Gasteiger partial charge in [-0.2, -0.15) is 0 Å². The summed E-state index contributed by atoms with van der Waals surface area (Å²) in [7, 11) is 0. The van der Waals surface area contributed by atoms with Gasteiger partial charge in [-0.25, -0.2) is 4.98 Å². The van der Waals surface area contributed by atoms with E-state index in [0.29, 0.717) is 16.5 Å². The zero-order chi connectivity index (χ0) is 16.4. The van der Waals surface area contributed by atoms with Gasteiger partial charge >= 0.3 is 5.97 Å². The van der Waals surface area contributed by atoms with Gasteiger partial charge in [0.1, 0.15) is 0 Å². The maximum Gasteiger partial charge on any atom is 0.303 e. The number of hydrogen-bond donors (Lipinski definition) is 1. The van der Waals surface area contributed by atoms with Gasteiger partial charge in [0.05, 0.1) is 16.2 Å². The molecule has 0 spiro atoms. The number of halogens is 2. The lowest BCUT2D eigenvalue weighted by Gasteiger charge is -2.07. The van der Waals surface area contributed by atoms with E-state index >= 15 is 0 Å². The number of carboxylic acids is 1. The molecule has 0 bridgehead atoms. The highest BCUT2D eigenvalue weighted by Gasteiger charge is 2.07. The lowest BCUT2D eigenvalue weighted by atomic mass is 10.0. The molecule has 0 atom stereocenters. The summed E-state index contributed by atoms with van der Waals surface area (Å²) in [5.41, 5.74) is 3.43. The minimum atomic E-state index is -0.795. The zero-order valence-electron chi connectivity index (χ0n) is 12.1. The molecule has 0 aliphatic heterocycles. The second kappa shape index (κ2) is 6.57. The summed E-state index contributed by atoms with van der Waals surface area (Å²) in [5, 5.41) is 10.9. The van der Waals surface area contributed by atoms with Crippen LogP contribution in [0.1, 0.15) is 12.0 Å². The fourth-order valence-corrected chi connectivity index (χ4v) is 2.93.